The summed E-state index contributed by atoms with van der Waals surface area (Å²) >= 11 is 3.35. The molecule has 0 bridgehead atoms. The number of benzene rings is 2. The Kier molecular flexibility index (Phi) is 5.11. The normalized spacial score (nSPS) is 10.0. The second-order valence-electron chi connectivity index (χ2n) is 4.41. The summed E-state index contributed by atoms with van der Waals surface area (Å²) in [5.74, 6) is -0.229. The molecule has 0 fully saturated rings. The number of hydrogen-bond acceptors (Lipinski definition) is 2. The van der Waals surface area contributed by atoms with Crippen molar-refractivity contribution in [3.05, 3.63) is 58.6 Å². The summed E-state index contributed by atoms with van der Waals surface area (Å²) in [4.78, 5) is 23.4. The standard InChI is InChI=1S/C16H15BrN2O2/c1-2-15(20)18-11-7-9-12(10-8-11)19-16(21)13-5-3-4-6-14(13)17/h3-10H,2H2,1H3,(H,18,20)(H,19,21). The van der Waals surface area contributed by atoms with Crippen LogP contribution in [0.15, 0.2) is 53.0 Å². The van der Waals surface area contributed by atoms with Gasteiger partial charge in [-0.05, 0) is 52.3 Å². The molecule has 0 atom stereocenters. The summed E-state index contributed by atoms with van der Waals surface area (Å²) in [5.41, 5.74) is 1.95. The minimum absolute atomic E-state index is 0.0417. The second-order valence-corrected chi connectivity index (χ2v) is 5.27. The van der Waals surface area contributed by atoms with Gasteiger partial charge in [-0.25, -0.2) is 0 Å². The van der Waals surface area contributed by atoms with Crippen LogP contribution in [0.1, 0.15) is 23.7 Å². The Balaban J connectivity index is 2.05. The molecule has 0 saturated heterocycles. The van der Waals surface area contributed by atoms with E-state index in [1.54, 1.807) is 37.3 Å². The zero-order valence-electron chi connectivity index (χ0n) is 11.5. The Morgan fingerprint density at radius 3 is 2.10 bits per heavy atom. The van der Waals surface area contributed by atoms with Gasteiger partial charge in [0, 0.05) is 22.3 Å². The lowest BCUT2D eigenvalue weighted by Gasteiger charge is -2.08. The van der Waals surface area contributed by atoms with E-state index < -0.39 is 0 Å². The summed E-state index contributed by atoms with van der Waals surface area (Å²) in [6.07, 6.45) is 0.431. The molecule has 2 aromatic rings. The van der Waals surface area contributed by atoms with Crippen LogP contribution in [0.2, 0.25) is 0 Å². The molecule has 2 rings (SSSR count). The molecule has 0 spiro atoms. The molecule has 2 N–H and O–H groups in total. The number of carbonyl (C=O) groups excluding carboxylic acids is 2. The van der Waals surface area contributed by atoms with Gasteiger partial charge in [0.15, 0.2) is 0 Å². The summed E-state index contributed by atoms with van der Waals surface area (Å²) < 4.78 is 0.745. The van der Waals surface area contributed by atoms with E-state index in [1.807, 2.05) is 18.2 Å². The largest absolute Gasteiger partial charge is 0.326 e. The molecule has 2 amide bonds. The Hall–Kier alpha value is -2.14. The smallest absolute Gasteiger partial charge is 0.256 e. The number of amides is 2. The molecular weight excluding hydrogens is 332 g/mol. The highest BCUT2D eigenvalue weighted by Crippen LogP contribution is 2.19. The Morgan fingerprint density at radius 1 is 0.952 bits per heavy atom. The first-order valence-electron chi connectivity index (χ1n) is 6.56. The first-order chi connectivity index (χ1) is 10.1. The lowest BCUT2D eigenvalue weighted by molar-refractivity contribution is -0.115. The predicted octanol–water partition coefficient (Wildman–Crippen LogP) is 4.05. The van der Waals surface area contributed by atoms with Crippen LogP contribution >= 0.6 is 15.9 Å². The molecular formula is C16H15BrN2O2. The van der Waals surface area contributed by atoms with E-state index in [0.717, 1.165) is 4.47 Å². The van der Waals surface area contributed by atoms with Crippen LogP contribution in [0.3, 0.4) is 0 Å². The van der Waals surface area contributed by atoms with Crippen LogP contribution in [-0.2, 0) is 4.79 Å². The first-order valence-corrected chi connectivity index (χ1v) is 7.35. The van der Waals surface area contributed by atoms with Gasteiger partial charge >= 0.3 is 0 Å². The molecule has 21 heavy (non-hydrogen) atoms. The monoisotopic (exact) mass is 346 g/mol. The van der Waals surface area contributed by atoms with E-state index >= 15 is 0 Å². The zero-order chi connectivity index (χ0) is 15.2. The zero-order valence-corrected chi connectivity index (χ0v) is 13.1. The van der Waals surface area contributed by atoms with Crippen LogP contribution in [0, 0.1) is 0 Å². The second kappa shape index (κ2) is 7.04. The number of halogens is 1. The number of nitrogens with one attached hydrogen (secondary N) is 2. The molecule has 108 valence electrons. The third-order valence-corrected chi connectivity index (χ3v) is 3.56. The number of carbonyl (C=O) groups is 2. The maximum atomic E-state index is 12.1. The molecule has 0 aliphatic rings. The number of rotatable bonds is 4. The molecule has 0 aromatic heterocycles. The van der Waals surface area contributed by atoms with Gasteiger partial charge < -0.3 is 10.6 Å². The highest BCUT2D eigenvalue weighted by Gasteiger charge is 2.09. The molecule has 0 radical (unpaired) electrons. The van der Waals surface area contributed by atoms with Gasteiger partial charge in [0.2, 0.25) is 5.91 Å². The number of anilines is 2. The lowest BCUT2D eigenvalue weighted by atomic mass is 10.2. The van der Waals surface area contributed by atoms with Crippen molar-refractivity contribution in [3.63, 3.8) is 0 Å². The molecule has 0 heterocycles. The Bertz CT molecular complexity index is 654. The summed E-state index contributed by atoms with van der Waals surface area (Å²) in [7, 11) is 0. The van der Waals surface area contributed by atoms with Crippen LogP contribution in [0.25, 0.3) is 0 Å². The van der Waals surface area contributed by atoms with Crippen LogP contribution < -0.4 is 10.6 Å². The quantitative estimate of drug-likeness (QED) is 0.877. The Morgan fingerprint density at radius 2 is 1.52 bits per heavy atom. The van der Waals surface area contributed by atoms with Crippen molar-refractivity contribution in [1.29, 1.82) is 0 Å². The lowest BCUT2D eigenvalue weighted by Crippen LogP contribution is -2.13. The third kappa shape index (κ3) is 4.16. The van der Waals surface area contributed by atoms with Crippen molar-refractivity contribution in [2.24, 2.45) is 0 Å². The molecule has 2 aromatic carbocycles. The van der Waals surface area contributed by atoms with Gasteiger partial charge in [-0.1, -0.05) is 19.1 Å². The van der Waals surface area contributed by atoms with E-state index in [2.05, 4.69) is 26.6 Å². The van der Waals surface area contributed by atoms with E-state index in [1.165, 1.54) is 0 Å². The molecule has 0 aliphatic heterocycles. The molecule has 0 unspecified atom stereocenters. The Labute approximate surface area is 131 Å². The van der Waals surface area contributed by atoms with Crippen molar-refractivity contribution >= 4 is 39.1 Å². The van der Waals surface area contributed by atoms with Crippen LogP contribution in [-0.4, -0.2) is 11.8 Å². The predicted molar refractivity (Wildman–Crippen MR) is 87.5 cm³/mol. The maximum absolute atomic E-state index is 12.1. The fraction of sp³-hybridized carbons (Fsp3) is 0.125. The van der Waals surface area contributed by atoms with E-state index in [-0.39, 0.29) is 11.8 Å². The van der Waals surface area contributed by atoms with Gasteiger partial charge in [0.25, 0.3) is 5.91 Å². The van der Waals surface area contributed by atoms with Gasteiger partial charge in [-0.15, -0.1) is 0 Å². The molecule has 0 aliphatic carbocycles. The van der Waals surface area contributed by atoms with Gasteiger partial charge in [0.1, 0.15) is 0 Å². The topological polar surface area (TPSA) is 58.2 Å². The van der Waals surface area contributed by atoms with Crippen molar-refractivity contribution in [1.82, 2.24) is 0 Å². The van der Waals surface area contributed by atoms with Crippen LogP contribution in [0.5, 0.6) is 0 Å². The highest BCUT2D eigenvalue weighted by molar-refractivity contribution is 9.10. The summed E-state index contributed by atoms with van der Waals surface area (Å²) in [6, 6.07) is 14.2. The fourth-order valence-corrected chi connectivity index (χ4v) is 2.19. The minimum atomic E-state index is -0.187. The first kappa shape index (κ1) is 15.3. The van der Waals surface area contributed by atoms with E-state index in [9.17, 15) is 9.59 Å². The van der Waals surface area contributed by atoms with E-state index in [4.69, 9.17) is 0 Å². The van der Waals surface area contributed by atoms with Crippen molar-refractivity contribution in [2.45, 2.75) is 13.3 Å². The summed E-state index contributed by atoms with van der Waals surface area (Å²) in [6.45, 7) is 1.79. The average Bonchev–Trinajstić information content (AvgIpc) is 2.49. The van der Waals surface area contributed by atoms with Crippen LogP contribution in [0.4, 0.5) is 11.4 Å². The van der Waals surface area contributed by atoms with Gasteiger partial charge in [-0.2, -0.15) is 0 Å². The third-order valence-electron chi connectivity index (χ3n) is 2.87. The SMILES string of the molecule is CCC(=O)Nc1ccc(NC(=O)c2ccccc2Br)cc1. The number of hydrogen-bond donors (Lipinski definition) is 2. The van der Waals surface area contributed by atoms with Crippen molar-refractivity contribution < 1.29 is 9.59 Å². The molecule has 5 heteroatoms. The molecule has 0 saturated carbocycles. The minimum Gasteiger partial charge on any atom is -0.326 e. The van der Waals surface area contributed by atoms with Gasteiger partial charge in [-0.3, -0.25) is 9.59 Å². The molecule has 4 nitrogen and oxygen atoms in total. The maximum Gasteiger partial charge on any atom is 0.256 e. The highest BCUT2D eigenvalue weighted by atomic mass is 79.9. The van der Waals surface area contributed by atoms with E-state index in [0.29, 0.717) is 23.4 Å². The summed E-state index contributed by atoms with van der Waals surface area (Å²) in [5, 5.41) is 5.57. The van der Waals surface area contributed by atoms with Gasteiger partial charge in [0.05, 0.1) is 5.56 Å². The van der Waals surface area contributed by atoms with Crippen molar-refractivity contribution in [2.75, 3.05) is 10.6 Å². The van der Waals surface area contributed by atoms with Crippen molar-refractivity contribution in [3.8, 4) is 0 Å². The fourth-order valence-electron chi connectivity index (χ4n) is 1.73. The average molecular weight is 347 g/mol.